The number of aliphatic hydroxyl groups is 1. The van der Waals surface area contributed by atoms with Crippen LogP contribution >= 0.6 is 11.6 Å². The molecule has 4 rings (SSSR count). The maximum Gasteiger partial charge on any atom is 0.223 e. The van der Waals surface area contributed by atoms with Crippen LogP contribution in [0.4, 0.5) is 4.39 Å². The van der Waals surface area contributed by atoms with Crippen LogP contribution in [0, 0.1) is 11.2 Å². The quantitative estimate of drug-likeness (QED) is 0.624. The largest absolute Gasteiger partial charge is 0.385 e. The number of nitrogens with zero attached hydrogens (tertiary/aromatic N) is 2. The van der Waals surface area contributed by atoms with Gasteiger partial charge in [-0.15, -0.1) is 0 Å². The second-order valence-electron chi connectivity index (χ2n) is 10.5. The van der Waals surface area contributed by atoms with E-state index in [1.54, 1.807) is 12.1 Å². The first-order valence-electron chi connectivity index (χ1n) is 12.5. The van der Waals surface area contributed by atoms with Crippen molar-refractivity contribution < 1.29 is 19.0 Å². The van der Waals surface area contributed by atoms with E-state index in [0.717, 1.165) is 24.1 Å². The number of amides is 1. The predicted octanol–water partition coefficient (Wildman–Crippen LogP) is 4.65. The lowest BCUT2D eigenvalue weighted by Crippen LogP contribution is -2.55. The Morgan fingerprint density at radius 2 is 1.86 bits per heavy atom. The van der Waals surface area contributed by atoms with Gasteiger partial charge in [-0.3, -0.25) is 4.79 Å². The molecule has 5 nitrogen and oxygen atoms in total. The number of piperidine rings is 1. The molecule has 2 aromatic rings. The van der Waals surface area contributed by atoms with Crippen LogP contribution in [0.1, 0.15) is 44.2 Å². The zero-order valence-corrected chi connectivity index (χ0v) is 21.4. The summed E-state index contributed by atoms with van der Waals surface area (Å²) >= 11 is 6.04. The van der Waals surface area contributed by atoms with Crippen molar-refractivity contribution in [2.75, 3.05) is 39.3 Å². The zero-order chi connectivity index (χ0) is 25.1. The number of carbonyl (C=O) groups excluding carboxylic acids is 1. The molecule has 2 aromatic carbocycles. The SMILES string of the molecule is CC1(C)CN(CCC(=O)N2CCCO[C@H](Cc3ccc(F)cc3)C2)CCC1(O)c1ccc(Cl)cc1. The summed E-state index contributed by atoms with van der Waals surface area (Å²) in [5.41, 5.74) is 0.584. The standard InChI is InChI=1S/C28H36ClFN2O3/c1-27(2)20-31(16-13-28(27,34)22-6-8-23(29)9-7-22)15-12-26(33)32-14-3-17-35-25(19-32)18-21-4-10-24(30)11-5-21/h4-11,25,34H,3,12-20H2,1-2H3/t25-,28?/m1/s1. The normalized spacial score (nSPS) is 25.3. The third kappa shape index (κ3) is 6.23. The fraction of sp³-hybridized carbons (Fsp3) is 0.536. The van der Waals surface area contributed by atoms with Crippen LogP contribution in [0.2, 0.25) is 5.02 Å². The molecule has 0 spiro atoms. The van der Waals surface area contributed by atoms with Crippen LogP contribution in [0.5, 0.6) is 0 Å². The highest BCUT2D eigenvalue weighted by molar-refractivity contribution is 6.30. The number of carbonyl (C=O) groups is 1. The topological polar surface area (TPSA) is 53.0 Å². The van der Waals surface area contributed by atoms with E-state index in [2.05, 4.69) is 18.7 Å². The van der Waals surface area contributed by atoms with Gasteiger partial charge in [0.15, 0.2) is 0 Å². The Morgan fingerprint density at radius 1 is 1.14 bits per heavy atom. The maximum atomic E-state index is 13.2. The molecule has 35 heavy (non-hydrogen) atoms. The molecule has 2 heterocycles. The molecular formula is C28H36ClFN2O3. The Hall–Kier alpha value is -1.99. The fourth-order valence-electron chi connectivity index (χ4n) is 5.42. The Morgan fingerprint density at radius 3 is 2.54 bits per heavy atom. The van der Waals surface area contributed by atoms with Crippen molar-refractivity contribution in [2.24, 2.45) is 5.41 Å². The minimum atomic E-state index is -0.937. The highest BCUT2D eigenvalue weighted by Gasteiger charge is 2.48. The number of benzene rings is 2. The Balaban J connectivity index is 1.31. The van der Waals surface area contributed by atoms with Crippen LogP contribution in [-0.2, 0) is 21.6 Å². The van der Waals surface area contributed by atoms with Crippen molar-refractivity contribution in [2.45, 2.75) is 51.2 Å². The van der Waals surface area contributed by atoms with Gasteiger partial charge in [-0.2, -0.15) is 0 Å². The lowest BCUT2D eigenvalue weighted by atomic mass is 9.66. The van der Waals surface area contributed by atoms with E-state index in [0.29, 0.717) is 57.1 Å². The van der Waals surface area contributed by atoms with Crippen LogP contribution in [0.3, 0.4) is 0 Å². The highest BCUT2D eigenvalue weighted by Crippen LogP contribution is 2.46. The summed E-state index contributed by atoms with van der Waals surface area (Å²) < 4.78 is 19.2. The second-order valence-corrected chi connectivity index (χ2v) is 11.0. The number of rotatable bonds is 6. The van der Waals surface area contributed by atoms with Crippen molar-refractivity contribution in [3.8, 4) is 0 Å². The molecule has 1 amide bonds. The molecule has 2 aliphatic heterocycles. The molecule has 2 fully saturated rings. The van der Waals surface area contributed by atoms with Gasteiger partial charge in [0.2, 0.25) is 5.91 Å². The Labute approximate surface area is 212 Å². The minimum absolute atomic E-state index is 0.0878. The Bertz CT molecular complexity index is 998. The third-order valence-corrected chi connectivity index (χ3v) is 7.82. The summed E-state index contributed by atoms with van der Waals surface area (Å²) in [6.07, 6.45) is 2.44. The molecule has 2 aliphatic rings. The van der Waals surface area contributed by atoms with E-state index >= 15 is 0 Å². The molecule has 0 aliphatic carbocycles. The summed E-state index contributed by atoms with van der Waals surface area (Å²) in [4.78, 5) is 17.3. The monoisotopic (exact) mass is 502 g/mol. The van der Waals surface area contributed by atoms with E-state index in [4.69, 9.17) is 16.3 Å². The smallest absolute Gasteiger partial charge is 0.223 e. The van der Waals surface area contributed by atoms with E-state index < -0.39 is 5.60 Å². The summed E-state index contributed by atoms with van der Waals surface area (Å²) in [7, 11) is 0. The van der Waals surface area contributed by atoms with Crippen molar-refractivity contribution in [1.82, 2.24) is 9.80 Å². The van der Waals surface area contributed by atoms with Gasteiger partial charge in [-0.25, -0.2) is 4.39 Å². The molecular weight excluding hydrogens is 467 g/mol. The van der Waals surface area contributed by atoms with Crippen LogP contribution in [0.15, 0.2) is 48.5 Å². The van der Waals surface area contributed by atoms with Gasteiger partial charge < -0.3 is 19.6 Å². The van der Waals surface area contributed by atoms with Gasteiger partial charge in [0, 0.05) is 62.6 Å². The van der Waals surface area contributed by atoms with Crippen molar-refractivity contribution >= 4 is 17.5 Å². The number of ether oxygens (including phenoxy) is 1. The second kappa shape index (κ2) is 11.0. The number of hydrogen-bond acceptors (Lipinski definition) is 4. The van der Waals surface area contributed by atoms with Crippen LogP contribution in [0.25, 0.3) is 0 Å². The van der Waals surface area contributed by atoms with Crippen molar-refractivity contribution in [1.29, 1.82) is 0 Å². The average Bonchev–Trinajstić information content (AvgIpc) is 3.07. The molecule has 0 saturated carbocycles. The first-order chi connectivity index (χ1) is 16.7. The van der Waals surface area contributed by atoms with Gasteiger partial charge in [-0.1, -0.05) is 49.7 Å². The lowest BCUT2D eigenvalue weighted by molar-refractivity contribution is -0.136. The molecule has 0 aromatic heterocycles. The van der Waals surface area contributed by atoms with Crippen LogP contribution in [-0.4, -0.2) is 66.2 Å². The highest BCUT2D eigenvalue weighted by atomic mass is 35.5. The third-order valence-electron chi connectivity index (χ3n) is 7.57. The Kier molecular flexibility index (Phi) is 8.16. The zero-order valence-electron chi connectivity index (χ0n) is 20.7. The number of halogens is 2. The first kappa shape index (κ1) is 26.1. The molecule has 2 saturated heterocycles. The van der Waals surface area contributed by atoms with Crippen molar-refractivity contribution in [3.63, 3.8) is 0 Å². The molecule has 190 valence electrons. The van der Waals surface area contributed by atoms with Gasteiger partial charge >= 0.3 is 0 Å². The first-order valence-corrected chi connectivity index (χ1v) is 12.9. The van der Waals surface area contributed by atoms with Gasteiger partial charge in [0.1, 0.15) is 5.82 Å². The maximum absolute atomic E-state index is 13.2. The van der Waals surface area contributed by atoms with E-state index in [1.165, 1.54) is 12.1 Å². The molecule has 0 radical (unpaired) electrons. The number of hydrogen-bond donors (Lipinski definition) is 1. The summed E-state index contributed by atoms with van der Waals surface area (Å²) in [5.74, 6) is -0.115. The van der Waals surface area contributed by atoms with Gasteiger partial charge in [-0.05, 0) is 48.2 Å². The lowest BCUT2D eigenvalue weighted by Gasteiger charge is -2.50. The number of likely N-dealkylation sites (tertiary alicyclic amines) is 1. The molecule has 7 heteroatoms. The molecule has 0 bridgehead atoms. The average molecular weight is 503 g/mol. The fourth-order valence-corrected chi connectivity index (χ4v) is 5.55. The van der Waals surface area contributed by atoms with Gasteiger partial charge in [0.05, 0.1) is 11.7 Å². The minimum Gasteiger partial charge on any atom is -0.385 e. The summed E-state index contributed by atoms with van der Waals surface area (Å²) in [6, 6.07) is 13.9. The predicted molar refractivity (Wildman–Crippen MR) is 136 cm³/mol. The van der Waals surface area contributed by atoms with Gasteiger partial charge in [0.25, 0.3) is 0 Å². The molecule has 1 N–H and O–H groups in total. The van der Waals surface area contributed by atoms with E-state index in [9.17, 15) is 14.3 Å². The van der Waals surface area contributed by atoms with Crippen LogP contribution < -0.4 is 0 Å². The van der Waals surface area contributed by atoms with E-state index in [1.807, 2.05) is 29.2 Å². The summed E-state index contributed by atoms with van der Waals surface area (Å²) in [6.45, 7) is 8.14. The molecule has 2 atom stereocenters. The summed E-state index contributed by atoms with van der Waals surface area (Å²) in [5, 5.41) is 12.2. The van der Waals surface area contributed by atoms with E-state index in [-0.39, 0.29) is 23.2 Å². The van der Waals surface area contributed by atoms with Crippen molar-refractivity contribution in [3.05, 3.63) is 70.5 Å². The molecule has 1 unspecified atom stereocenters.